The van der Waals surface area contributed by atoms with Crippen LogP contribution in [0.1, 0.15) is 94.2 Å². The maximum atomic E-state index is 13.5. The zero-order chi connectivity index (χ0) is 24.5. The SMILES string of the molecule is CC(C)(C)C1=CC2(OC(C(C)(C)C)=C1)Oc1cc(C(C)(C)C)cc(C(C)(C)C)c1OC2=O. The number of fused-ring (bicyclic) bond motifs is 1. The van der Waals surface area contributed by atoms with E-state index in [4.69, 9.17) is 14.2 Å². The van der Waals surface area contributed by atoms with E-state index in [0.717, 1.165) is 16.7 Å². The Morgan fingerprint density at radius 2 is 1.31 bits per heavy atom. The highest BCUT2D eigenvalue weighted by molar-refractivity contribution is 5.87. The quantitative estimate of drug-likeness (QED) is 0.316. The average molecular weight is 441 g/mol. The lowest BCUT2D eigenvalue weighted by Crippen LogP contribution is -2.53. The second-order valence-corrected chi connectivity index (χ2v) is 13.2. The fraction of sp³-hybridized carbons (Fsp3) is 0.607. The lowest BCUT2D eigenvalue weighted by atomic mass is 9.79. The first-order valence-corrected chi connectivity index (χ1v) is 11.5. The van der Waals surface area contributed by atoms with Crippen LogP contribution in [0.15, 0.2) is 35.6 Å². The van der Waals surface area contributed by atoms with E-state index in [1.165, 1.54) is 0 Å². The van der Waals surface area contributed by atoms with Crippen molar-refractivity contribution in [1.29, 1.82) is 0 Å². The second-order valence-electron chi connectivity index (χ2n) is 13.2. The van der Waals surface area contributed by atoms with Gasteiger partial charge in [0.25, 0.3) is 0 Å². The van der Waals surface area contributed by atoms with Gasteiger partial charge < -0.3 is 14.2 Å². The van der Waals surface area contributed by atoms with Gasteiger partial charge in [-0.15, -0.1) is 0 Å². The molecule has 0 N–H and O–H groups in total. The van der Waals surface area contributed by atoms with Crippen LogP contribution < -0.4 is 9.47 Å². The molecule has 0 fully saturated rings. The number of esters is 1. The van der Waals surface area contributed by atoms with Gasteiger partial charge in [-0.3, -0.25) is 0 Å². The largest absolute Gasteiger partial charge is 0.444 e. The molecule has 3 rings (SSSR count). The smallest absolute Gasteiger partial charge is 0.403 e. The summed E-state index contributed by atoms with van der Waals surface area (Å²) in [5, 5.41) is 0. The molecule has 1 aromatic rings. The Morgan fingerprint density at radius 3 is 1.78 bits per heavy atom. The Labute approximate surface area is 194 Å². The second kappa shape index (κ2) is 7.13. The Balaban J connectivity index is 2.24. The number of carbonyl (C=O) groups excluding carboxylic acids is 1. The topological polar surface area (TPSA) is 44.8 Å². The summed E-state index contributed by atoms with van der Waals surface area (Å²) in [7, 11) is 0. The van der Waals surface area contributed by atoms with Crippen molar-refractivity contribution in [2.75, 3.05) is 0 Å². The van der Waals surface area contributed by atoms with Crippen LogP contribution in [0, 0.1) is 10.8 Å². The zero-order valence-corrected chi connectivity index (χ0v) is 21.9. The molecule has 0 saturated heterocycles. The van der Waals surface area contributed by atoms with Crippen LogP contribution in [0.25, 0.3) is 0 Å². The molecule has 0 saturated carbocycles. The summed E-state index contributed by atoms with van der Waals surface area (Å²) in [6.07, 6.45) is 3.82. The first kappa shape index (κ1) is 24.4. The van der Waals surface area contributed by atoms with E-state index >= 15 is 0 Å². The van der Waals surface area contributed by atoms with Crippen LogP contribution in [-0.2, 0) is 20.4 Å². The van der Waals surface area contributed by atoms with Crippen LogP contribution in [0.3, 0.4) is 0 Å². The van der Waals surface area contributed by atoms with Crippen molar-refractivity contribution < 1.29 is 19.0 Å². The maximum absolute atomic E-state index is 13.5. The molecule has 176 valence electrons. The standard InChI is InChI=1S/C28H40O4/c1-24(2,3)17-13-19(26(7,8)9)22-20(14-17)31-28(23(29)30-22)16-18(25(4,5)6)15-21(32-28)27(10,11)12/h13-16H,1-12H3. The average Bonchev–Trinajstić information content (AvgIpc) is 2.58. The summed E-state index contributed by atoms with van der Waals surface area (Å²) in [4.78, 5) is 13.5. The van der Waals surface area contributed by atoms with E-state index in [1.807, 2.05) is 12.1 Å². The van der Waals surface area contributed by atoms with E-state index in [0.29, 0.717) is 17.3 Å². The van der Waals surface area contributed by atoms with Gasteiger partial charge in [0.15, 0.2) is 11.5 Å². The number of hydrogen-bond acceptors (Lipinski definition) is 4. The molecule has 0 radical (unpaired) electrons. The summed E-state index contributed by atoms with van der Waals surface area (Å²) in [6.45, 7) is 25.4. The normalized spacial score (nSPS) is 21.8. The summed E-state index contributed by atoms with van der Waals surface area (Å²) in [5.41, 5.74) is 2.24. The van der Waals surface area contributed by atoms with Crippen molar-refractivity contribution in [3.05, 3.63) is 46.7 Å². The van der Waals surface area contributed by atoms with Crippen LogP contribution in [0.5, 0.6) is 11.5 Å². The van der Waals surface area contributed by atoms with E-state index < -0.39 is 11.8 Å². The molecule has 0 aliphatic carbocycles. The molecular weight excluding hydrogens is 400 g/mol. The van der Waals surface area contributed by atoms with Gasteiger partial charge in [-0.05, 0) is 39.5 Å². The maximum Gasteiger partial charge on any atom is 0.403 e. The Bertz CT molecular complexity index is 998. The Kier molecular flexibility index (Phi) is 5.44. The van der Waals surface area contributed by atoms with Crippen molar-refractivity contribution in [2.24, 2.45) is 10.8 Å². The third-order valence-corrected chi connectivity index (χ3v) is 5.97. The minimum Gasteiger partial charge on any atom is -0.444 e. The van der Waals surface area contributed by atoms with Crippen molar-refractivity contribution in [2.45, 2.75) is 99.7 Å². The minimum atomic E-state index is -1.64. The molecule has 0 amide bonds. The van der Waals surface area contributed by atoms with E-state index in [1.54, 1.807) is 6.08 Å². The number of benzene rings is 1. The first-order valence-electron chi connectivity index (χ1n) is 11.5. The molecule has 1 atom stereocenters. The van der Waals surface area contributed by atoms with Crippen molar-refractivity contribution in [1.82, 2.24) is 0 Å². The van der Waals surface area contributed by atoms with Gasteiger partial charge in [0, 0.05) is 17.1 Å². The molecule has 32 heavy (non-hydrogen) atoms. The summed E-state index contributed by atoms with van der Waals surface area (Å²) < 4.78 is 18.8. The van der Waals surface area contributed by atoms with Gasteiger partial charge in [-0.25, -0.2) is 4.79 Å². The van der Waals surface area contributed by atoms with Crippen molar-refractivity contribution in [3.8, 4) is 11.5 Å². The fourth-order valence-electron chi connectivity index (χ4n) is 3.71. The molecule has 0 aromatic heterocycles. The molecule has 1 unspecified atom stereocenters. The molecule has 2 heterocycles. The van der Waals surface area contributed by atoms with E-state index in [-0.39, 0.29) is 21.7 Å². The molecule has 1 aromatic carbocycles. The first-order chi connectivity index (χ1) is 14.2. The highest BCUT2D eigenvalue weighted by Gasteiger charge is 2.53. The number of hydrogen-bond donors (Lipinski definition) is 0. The molecule has 1 spiro atoms. The van der Waals surface area contributed by atoms with Crippen LogP contribution in [-0.4, -0.2) is 11.8 Å². The van der Waals surface area contributed by atoms with Crippen molar-refractivity contribution >= 4 is 5.97 Å². The summed E-state index contributed by atoms with van der Waals surface area (Å²) in [6, 6.07) is 4.12. The van der Waals surface area contributed by atoms with Crippen LogP contribution >= 0.6 is 0 Å². The predicted molar refractivity (Wildman–Crippen MR) is 129 cm³/mol. The van der Waals surface area contributed by atoms with Gasteiger partial charge in [0.05, 0.1) is 0 Å². The zero-order valence-electron chi connectivity index (χ0n) is 21.9. The summed E-state index contributed by atoms with van der Waals surface area (Å²) >= 11 is 0. The van der Waals surface area contributed by atoms with Gasteiger partial charge in [-0.1, -0.05) is 89.2 Å². The molecule has 4 heteroatoms. The van der Waals surface area contributed by atoms with Gasteiger partial charge in [0.1, 0.15) is 5.76 Å². The van der Waals surface area contributed by atoms with E-state index in [2.05, 4.69) is 89.2 Å². The number of carbonyl (C=O) groups is 1. The lowest BCUT2D eigenvalue weighted by molar-refractivity contribution is -0.192. The molecular formula is C28H40O4. The predicted octanol–water partition coefficient (Wildman–Crippen LogP) is 7.21. The Morgan fingerprint density at radius 1 is 0.719 bits per heavy atom. The van der Waals surface area contributed by atoms with Crippen molar-refractivity contribution in [3.63, 3.8) is 0 Å². The van der Waals surface area contributed by atoms with Crippen LogP contribution in [0.4, 0.5) is 0 Å². The third-order valence-electron chi connectivity index (χ3n) is 5.97. The highest BCUT2D eigenvalue weighted by atomic mass is 16.7. The number of rotatable bonds is 0. The third kappa shape index (κ3) is 4.46. The van der Waals surface area contributed by atoms with Gasteiger partial charge in [0.2, 0.25) is 0 Å². The minimum absolute atomic E-state index is 0.0939. The van der Waals surface area contributed by atoms with E-state index in [9.17, 15) is 4.79 Å². The van der Waals surface area contributed by atoms with Crippen LogP contribution in [0.2, 0.25) is 0 Å². The molecule has 2 aliphatic rings. The lowest BCUT2D eigenvalue weighted by Gasteiger charge is -2.42. The number of ether oxygens (including phenoxy) is 3. The Hall–Kier alpha value is -2.23. The van der Waals surface area contributed by atoms with Gasteiger partial charge >= 0.3 is 11.8 Å². The highest BCUT2D eigenvalue weighted by Crippen LogP contribution is 2.49. The monoisotopic (exact) mass is 440 g/mol. The molecule has 0 bridgehead atoms. The molecule has 4 nitrogen and oxygen atoms in total. The fourth-order valence-corrected chi connectivity index (χ4v) is 3.71. The molecule has 2 aliphatic heterocycles. The summed E-state index contributed by atoms with van der Waals surface area (Å²) in [5.74, 6) is -0.452. The van der Waals surface area contributed by atoms with Gasteiger partial charge in [-0.2, -0.15) is 0 Å². The number of allylic oxidation sites excluding steroid dienone is 3.